The molecule has 17 heavy (non-hydrogen) atoms. The molecule has 0 aliphatic rings. The van der Waals surface area contributed by atoms with Crippen LogP contribution in [0.25, 0.3) is 0 Å². The molecule has 0 radical (unpaired) electrons. The van der Waals surface area contributed by atoms with E-state index < -0.39 is 0 Å². The predicted molar refractivity (Wildman–Crippen MR) is 74.1 cm³/mol. The van der Waals surface area contributed by atoms with Crippen LogP contribution < -0.4 is 5.32 Å². The smallest absolute Gasteiger partial charge is 0.0462 e. The maximum atomic E-state index is 6.15. The van der Waals surface area contributed by atoms with Gasteiger partial charge in [-0.25, -0.2) is 0 Å². The summed E-state index contributed by atoms with van der Waals surface area (Å²) >= 11 is 12.1. The summed E-state index contributed by atoms with van der Waals surface area (Å²) in [4.78, 5) is 0. The van der Waals surface area contributed by atoms with E-state index in [1.165, 1.54) is 0 Å². The van der Waals surface area contributed by atoms with Gasteiger partial charge in [-0.3, -0.25) is 0 Å². The van der Waals surface area contributed by atoms with Gasteiger partial charge in [-0.2, -0.15) is 0 Å². The van der Waals surface area contributed by atoms with Crippen LogP contribution in [0.2, 0.25) is 10.0 Å². The molecule has 0 saturated heterocycles. The topological polar surface area (TPSA) is 21.3 Å². The number of rotatable bonds is 7. The van der Waals surface area contributed by atoms with Crippen LogP contribution in [0.4, 0.5) is 0 Å². The third-order valence-corrected chi connectivity index (χ3v) is 3.39. The van der Waals surface area contributed by atoms with Crippen molar-refractivity contribution in [2.75, 3.05) is 20.8 Å². The number of ether oxygens (including phenoxy) is 1. The maximum Gasteiger partial charge on any atom is 0.0462 e. The number of likely N-dealkylation sites (N-methyl/N-ethyl adjacent to an activating group) is 1. The van der Waals surface area contributed by atoms with Crippen molar-refractivity contribution in [1.29, 1.82) is 0 Å². The molecular weight excluding hydrogens is 257 g/mol. The number of hydrogen-bond donors (Lipinski definition) is 1. The summed E-state index contributed by atoms with van der Waals surface area (Å²) in [6.07, 6.45) is 2.99. The van der Waals surface area contributed by atoms with Gasteiger partial charge in [-0.1, -0.05) is 23.2 Å². The first kappa shape index (κ1) is 14.8. The molecule has 2 nitrogen and oxygen atoms in total. The minimum Gasteiger partial charge on any atom is -0.385 e. The molecule has 0 saturated carbocycles. The Morgan fingerprint density at radius 2 is 2.12 bits per heavy atom. The van der Waals surface area contributed by atoms with Gasteiger partial charge in [0.05, 0.1) is 0 Å². The molecule has 0 aliphatic carbocycles. The molecule has 0 aromatic heterocycles. The van der Waals surface area contributed by atoms with E-state index in [2.05, 4.69) is 5.32 Å². The zero-order valence-electron chi connectivity index (χ0n) is 10.3. The highest BCUT2D eigenvalue weighted by atomic mass is 35.5. The van der Waals surface area contributed by atoms with Crippen LogP contribution in [-0.4, -0.2) is 26.8 Å². The Morgan fingerprint density at radius 1 is 1.35 bits per heavy atom. The summed E-state index contributed by atoms with van der Waals surface area (Å²) in [5.74, 6) is 0. The normalized spacial score (nSPS) is 12.7. The lowest BCUT2D eigenvalue weighted by Gasteiger charge is -2.17. The van der Waals surface area contributed by atoms with Gasteiger partial charge in [-0.15, -0.1) is 0 Å². The lowest BCUT2D eigenvalue weighted by atomic mass is 10.0. The fourth-order valence-electron chi connectivity index (χ4n) is 1.79. The van der Waals surface area contributed by atoms with E-state index in [0.29, 0.717) is 6.04 Å². The number of halogens is 2. The lowest BCUT2D eigenvalue weighted by Crippen LogP contribution is -2.28. The average Bonchev–Trinajstić information content (AvgIpc) is 2.32. The molecular formula is C13H19Cl2NO. The molecule has 0 amide bonds. The Kier molecular flexibility index (Phi) is 6.90. The highest BCUT2D eigenvalue weighted by Crippen LogP contribution is 2.22. The average molecular weight is 276 g/mol. The predicted octanol–water partition coefficient (Wildman–Crippen LogP) is 3.55. The van der Waals surface area contributed by atoms with Crippen molar-refractivity contribution < 1.29 is 4.74 Å². The van der Waals surface area contributed by atoms with E-state index in [1.54, 1.807) is 7.11 Å². The van der Waals surface area contributed by atoms with Gasteiger partial charge < -0.3 is 10.1 Å². The van der Waals surface area contributed by atoms with Gasteiger partial charge in [0, 0.05) is 29.8 Å². The second-order valence-corrected chi connectivity index (χ2v) is 4.90. The Balaban J connectivity index is 2.57. The van der Waals surface area contributed by atoms with Crippen molar-refractivity contribution in [2.24, 2.45) is 0 Å². The van der Waals surface area contributed by atoms with E-state index >= 15 is 0 Å². The van der Waals surface area contributed by atoms with Crippen LogP contribution in [0.3, 0.4) is 0 Å². The molecule has 1 atom stereocenters. The Labute approximate surface area is 113 Å². The third-order valence-electron chi connectivity index (χ3n) is 2.78. The van der Waals surface area contributed by atoms with Crippen LogP contribution in [0, 0.1) is 0 Å². The van der Waals surface area contributed by atoms with Gasteiger partial charge in [-0.05, 0) is 50.1 Å². The molecule has 0 spiro atoms. The first-order valence-electron chi connectivity index (χ1n) is 5.77. The molecule has 1 unspecified atom stereocenters. The van der Waals surface area contributed by atoms with Crippen molar-refractivity contribution in [3.63, 3.8) is 0 Å². The lowest BCUT2D eigenvalue weighted by molar-refractivity contribution is 0.189. The summed E-state index contributed by atoms with van der Waals surface area (Å²) in [7, 11) is 3.69. The molecule has 1 aromatic carbocycles. The van der Waals surface area contributed by atoms with Gasteiger partial charge in [0.25, 0.3) is 0 Å². The van der Waals surface area contributed by atoms with E-state index in [-0.39, 0.29) is 0 Å². The van der Waals surface area contributed by atoms with Crippen molar-refractivity contribution in [2.45, 2.75) is 25.3 Å². The monoisotopic (exact) mass is 275 g/mol. The van der Waals surface area contributed by atoms with Gasteiger partial charge in [0.2, 0.25) is 0 Å². The maximum absolute atomic E-state index is 6.15. The Bertz CT molecular complexity index is 344. The van der Waals surface area contributed by atoms with Gasteiger partial charge >= 0.3 is 0 Å². The summed E-state index contributed by atoms with van der Waals surface area (Å²) in [6.45, 7) is 0.793. The van der Waals surface area contributed by atoms with Crippen molar-refractivity contribution in [1.82, 2.24) is 5.32 Å². The van der Waals surface area contributed by atoms with Crippen molar-refractivity contribution >= 4 is 23.2 Å². The molecule has 1 rings (SSSR count). The summed E-state index contributed by atoms with van der Waals surface area (Å²) in [5.41, 5.74) is 1.09. The van der Waals surface area contributed by atoms with Crippen molar-refractivity contribution in [3.05, 3.63) is 33.8 Å². The second kappa shape index (κ2) is 7.93. The van der Waals surface area contributed by atoms with Crippen molar-refractivity contribution in [3.8, 4) is 0 Å². The quantitative estimate of drug-likeness (QED) is 0.769. The molecule has 96 valence electrons. The number of nitrogens with one attached hydrogen (secondary N) is 1. The first-order chi connectivity index (χ1) is 8.17. The molecule has 0 bridgehead atoms. The second-order valence-electron chi connectivity index (χ2n) is 4.06. The molecule has 1 N–H and O–H groups in total. The zero-order valence-corrected chi connectivity index (χ0v) is 11.8. The van der Waals surface area contributed by atoms with E-state index in [1.807, 2.05) is 25.2 Å². The molecule has 0 aliphatic heterocycles. The minimum atomic E-state index is 0.404. The van der Waals surface area contributed by atoms with E-state index in [0.717, 1.165) is 41.5 Å². The van der Waals surface area contributed by atoms with Crippen LogP contribution in [0.1, 0.15) is 18.4 Å². The number of methoxy groups -OCH3 is 1. The minimum absolute atomic E-state index is 0.404. The number of benzene rings is 1. The Morgan fingerprint density at radius 3 is 2.76 bits per heavy atom. The summed E-state index contributed by atoms with van der Waals surface area (Å²) in [5, 5.41) is 4.81. The van der Waals surface area contributed by atoms with Crippen LogP contribution in [-0.2, 0) is 11.2 Å². The highest BCUT2D eigenvalue weighted by molar-refractivity contribution is 6.33. The zero-order chi connectivity index (χ0) is 12.7. The molecule has 1 aromatic rings. The molecule has 0 fully saturated rings. The largest absolute Gasteiger partial charge is 0.385 e. The SMILES string of the molecule is CNC(CCCOC)Cc1cc(Cl)ccc1Cl. The Hall–Kier alpha value is -0.280. The van der Waals surface area contributed by atoms with Crippen LogP contribution in [0.5, 0.6) is 0 Å². The van der Waals surface area contributed by atoms with Gasteiger partial charge in [0.15, 0.2) is 0 Å². The summed E-state index contributed by atoms with van der Waals surface area (Å²) < 4.78 is 5.05. The molecule has 4 heteroatoms. The van der Waals surface area contributed by atoms with E-state index in [9.17, 15) is 0 Å². The third kappa shape index (κ3) is 5.26. The number of hydrogen-bond acceptors (Lipinski definition) is 2. The first-order valence-corrected chi connectivity index (χ1v) is 6.53. The molecule has 0 heterocycles. The fourth-order valence-corrected chi connectivity index (χ4v) is 2.18. The standard InChI is InChI=1S/C13H19Cl2NO/c1-16-12(4-3-7-17-2)9-10-8-11(14)5-6-13(10)15/h5-6,8,12,16H,3-4,7,9H2,1-2H3. The summed E-state index contributed by atoms with van der Waals surface area (Å²) in [6, 6.07) is 6.00. The van der Waals surface area contributed by atoms with E-state index in [4.69, 9.17) is 27.9 Å². The highest BCUT2D eigenvalue weighted by Gasteiger charge is 2.10. The fraction of sp³-hybridized carbons (Fsp3) is 0.538. The van der Waals surface area contributed by atoms with Crippen LogP contribution in [0.15, 0.2) is 18.2 Å². The van der Waals surface area contributed by atoms with Crippen LogP contribution >= 0.6 is 23.2 Å². The van der Waals surface area contributed by atoms with Gasteiger partial charge in [0.1, 0.15) is 0 Å².